The fourth-order valence-electron chi connectivity index (χ4n) is 1.92. The first-order chi connectivity index (χ1) is 10.3. The third-order valence-electron chi connectivity index (χ3n) is 2.88. The van der Waals surface area contributed by atoms with Crippen LogP contribution < -0.4 is 19.9 Å². The summed E-state index contributed by atoms with van der Waals surface area (Å²) in [5.41, 5.74) is 3.93. The number of anilines is 2. The van der Waals surface area contributed by atoms with Crippen molar-refractivity contribution in [2.75, 3.05) is 24.2 Å². The molecule has 1 aromatic carbocycles. The quantitative estimate of drug-likeness (QED) is 0.839. The van der Waals surface area contributed by atoms with E-state index in [9.17, 15) is 0 Å². The second kappa shape index (κ2) is 5.46. The van der Waals surface area contributed by atoms with Crippen LogP contribution in [0.3, 0.4) is 0 Å². The van der Waals surface area contributed by atoms with Crippen molar-refractivity contribution in [1.29, 1.82) is 0 Å². The highest BCUT2D eigenvalue weighted by molar-refractivity contribution is 5.90. The van der Waals surface area contributed by atoms with E-state index in [2.05, 4.69) is 26.3 Å². The Balaban J connectivity index is 1.87. The molecule has 0 spiro atoms. The molecule has 0 saturated heterocycles. The van der Waals surface area contributed by atoms with Crippen LogP contribution in [0.4, 0.5) is 17.3 Å². The first kappa shape index (κ1) is 12.9. The number of hydrogen-bond acceptors (Lipinski definition) is 6. The van der Waals surface area contributed by atoms with E-state index in [0.717, 1.165) is 5.69 Å². The van der Waals surface area contributed by atoms with E-state index >= 15 is 0 Å². The number of aliphatic imine (C=N–C) groups is 1. The Hall–Kier alpha value is -3.14. The number of benzene rings is 1. The van der Waals surface area contributed by atoms with Gasteiger partial charge in [-0.2, -0.15) is 0 Å². The second-order valence-electron chi connectivity index (χ2n) is 4.15. The minimum absolute atomic E-state index is 0.212. The zero-order chi connectivity index (χ0) is 14.7. The summed E-state index contributed by atoms with van der Waals surface area (Å²) in [6.45, 7) is 0.212. The van der Waals surface area contributed by atoms with Crippen molar-refractivity contribution < 1.29 is 9.47 Å². The van der Waals surface area contributed by atoms with Crippen molar-refractivity contribution >= 4 is 23.7 Å². The van der Waals surface area contributed by atoms with Crippen molar-refractivity contribution in [3.05, 3.63) is 24.5 Å². The molecule has 1 aromatic heterocycles. The van der Waals surface area contributed by atoms with Crippen LogP contribution in [0.5, 0.6) is 11.5 Å². The van der Waals surface area contributed by atoms with Crippen LogP contribution in [0, 0.1) is 12.3 Å². The summed E-state index contributed by atoms with van der Waals surface area (Å²) in [6.07, 6.45) is 8.38. The molecule has 0 bridgehead atoms. The molecule has 106 valence electrons. The van der Waals surface area contributed by atoms with Crippen molar-refractivity contribution in [3.63, 3.8) is 0 Å². The smallest absolute Gasteiger partial charge is 0.198 e. The van der Waals surface area contributed by atoms with Gasteiger partial charge >= 0.3 is 0 Å². The highest BCUT2D eigenvalue weighted by Crippen LogP contribution is 2.34. The lowest BCUT2D eigenvalue weighted by Gasteiger charge is -2.25. The van der Waals surface area contributed by atoms with Crippen molar-refractivity contribution in [3.8, 4) is 23.8 Å². The monoisotopic (exact) mass is 283 g/mol. The maximum Gasteiger partial charge on any atom is 0.198 e. The van der Waals surface area contributed by atoms with Gasteiger partial charge in [-0.15, -0.1) is 6.42 Å². The lowest BCUT2D eigenvalue weighted by molar-refractivity contribution is 0.363. The number of methoxy groups -OCH3 is 1. The SMILES string of the molecule is C#CCOc1ccc(N2C=Nc3nc[nH]c3N2)c(OC)c1. The van der Waals surface area contributed by atoms with Crippen LogP contribution in [-0.4, -0.2) is 30.0 Å². The number of aromatic nitrogens is 2. The van der Waals surface area contributed by atoms with Gasteiger partial charge in [0, 0.05) is 6.07 Å². The molecule has 2 heterocycles. The molecule has 0 atom stereocenters. The summed E-state index contributed by atoms with van der Waals surface area (Å²) in [6, 6.07) is 5.43. The van der Waals surface area contributed by atoms with E-state index in [-0.39, 0.29) is 6.61 Å². The fourth-order valence-corrected chi connectivity index (χ4v) is 1.92. The third kappa shape index (κ3) is 2.47. The van der Waals surface area contributed by atoms with Crippen LogP contribution >= 0.6 is 0 Å². The molecule has 21 heavy (non-hydrogen) atoms. The highest BCUT2D eigenvalue weighted by atomic mass is 16.5. The number of nitrogens with one attached hydrogen (secondary N) is 2. The number of hydrogen-bond donors (Lipinski definition) is 2. The van der Waals surface area contributed by atoms with E-state index in [4.69, 9.17) is 15.9 Å². The van der Waals surface area contributed by atoms with E-state index < -0.39 is 0 Å². The van der Waals surface area contributed by atoms with Gasteiger partial charge in [-0.1, -0.05) is 5.92 Å². The Morgan fingerprint density at radius 3 is 3.14 bits per heavy atom. The van der Waals surface area contributed by atoms with Gasteiger partial charge in [0.2, 0.25) is 0 Å². The summed E-state index contributed by atoms with van der Waals surface area (Å²) in [5.74, 6) is 5.02. The van der Waals surface area contributed by atoms with Gasteiger partial charge in [0.05, 0.1) is 13.4 Å². The van der Waals surface area contributed by atoms with Crippen molar-refractivity contribution in [2.24, 2.45) is 4.99 Å². The van der Waals surface area contributed by atoms with Crippen LogP contribution in [0.1, 0.15) is 0 Å². The van der Waals surface area contributed by atoms with Crippen molar-refractivity contribution in [1.82, 2.24) is 9.97 Å². The maximum absolute atomic E-state index is 5.39. The van der Waals surface area contributed by atoms with E-state index in [1.165, 1.54) is 0 Å². The van der Waals surface area contributed by atoms with Gasteiger partial charge in [-0.25, -0.2) is 15.0 Å². The van der Waals surface area contributed by atoms with Crippen LogP contribution in [0.2, 0.25) is 0 Å². The van der Waals surface area contributed by atoms with Gasteiger partial charge < -0.3 is 14.5 Å². The molecular weight excluding hydrogens is 270 g/mol. The molecule has 0 saturated carbocycles. The molecule has 0 fully saturated rings. The number of ether oxygens (including phenoxy) is 2. The summed E-state index contributed by atoms with van der Waals surface area (Å²) in [5, 5.41) is 1.73. The minimum atomic E-state index is 0.212. The van der Waals surface area contributed by atoms with Gasteiger partial charge in [-0.05, 0) is 12.1 Å². The summed E-state index contributed by atoms with van der Waals surface area (Å²) < 4.78 is 10.8. The van der Waals surface area contributed by atoms with Crippen molar-refractivity contribution in [2.45, 2.75) is 0 Å². The minimum Gasteiger partial charge on any atom is -0.494 e. The Morgan fingerprint density at radius 2 is 2.33 bits per heavy atom. The highest BCUT2D eigenvalue weighted by Gasteiger charge is 2.18. The number of terminal acetylenes is 1. The zero-order valence-electron chi connectivity index (χ0n) is 11.3. The average molecular weight is 283 g/mol. The Bertz CT molecular complexity index is 716. The molecule has 1 aliphatic heterocycles. The summed E-state index contributed by atoms with van der Waals surface area (Å²) in [4.78, 5) is 11.3. The molecule has 3 rings (SSSR count). The average Bonchev–Trinajstić information content (AvgIpc) is 3.00. The molecule has 0 aliphatic carbocycles. The van der Waals surface area contributed by atoms with Crippen LogP contribution in [-0.2, 0) is 0 Å². The van der Waals surface area contributed by atoms with Gasteiger partial charge in [0.25, 0.3) is 0 Å². The predicted octanol–water partition coefficient (Wildman–Crippen LogP) is 1.94. The summed E-state index contributed by atoms with van der Waals surface area (Å²) in [7, 11) is 1.59. The Labute approximate surface area is 121 Å². The number of rotatable bonds is 4. The Morgan fingerprint density at radius 1 is 1.43 bits per heavy atom. The molecule has 1 aliphatic rings. The van der Waals surface area contributed by atoms with Gasteiger partial charge in [0.15, 0.2) is 11.6 Å². The molecule has 0 amide bonds. The number of hydrazine groups is 1. The normalized spacial score (nSPS) is 12.3. The molecule has 7 nitrogen and oxygen atoms in total. The number of imidazole rings is 1. The number of fused-ring (bicyclic) bond motifs is 1. The first-order valence-electron chi connectivity index (χ1n) is 6.19. The van der Waals surface area contributed by atoms with E-state index in [1.54, 1.807) is 30.9 Å². The third-order valence-corrected chi connectivity index (χ3v) is 2.88. The lowest BCUT2D eigenvalue weighted by Crippen LogP contribution is -2.30. The van der Waals surface area contributed by atoms with E-state index in [0.29, 0.717) is 23.1 Å². The molecule has 2 aromatic rings. The molecule has 0 unspecified atom stereocenters. The number of aromatic amines is 1. The molecule has 7 heteroatoms. The van der Waals surface area contributed by atoms with Gasteiger partial charge in [0.1, 0.15) is 30.1 Å². The standard InChI is InChI=1S/C14H13N5O2/c1-3-6-21-10-4-5-11(12(7-10)20-2)19-9-17-13-14(18-19)16-8-15-13/h1,4-5,7-9,18H,6H2,2H3,(H,15,16). The van der Waals surface area contributed by atoms with E-state index in [1.807, 2.05) is 12.1 Å². The maximum atomic E-state index is 5.39. The fraction of sp³-hybridized carbons (Fsp3) is 0.143. The summed E-state index contributed by atoms with van der Waals surface area (Å²) >= 11 is 0. The Kier molecular flexibility index (Phi) is 3.35. The molecule has 2 N–H and O–H groups in total. The van der Waals surface area contributed by atoms with Crippen LogP contribution in [0.25, 0.3) is 0 Å². The first-order valence-corrected chi connectivity index (χ1v) is 6.19. The van der Waals surface area contributed by atoms with Crippen LogP contribution in [0.15, 0.2) is 29.5 Å². The van der Waals surface area contributed by atoms with Gasteiger partial charge in [-0.3, -0.25) is 5.43 Å². The largest absolute Gasteiger partial charge is 0.494 e. The topological polar surface area (TPSA) is 74.8 Å². The zero-order valence-corrected chi connectivity index (χ0v) is 11.3. The molecular formula is C14H13N5O2. The number of H-pyrrole nitrogens is 1. The lowest BCUT2D eigenvalue weighted by atomic mass is 10.2. The predicted molar refractivity (Wildman–Crippen MR) is 80.2 cm³/mol. The second-order valence-corrected chi connectivity index (χ2v) is 4.15. The number of nitrogens with zero attached hydrogens (tertiary/aromatic N) is 3. The molecule has 0 radical (unpaired) electrons.